The Hall–Kier alpha value is -6.42. The van der Waals surface area contributed by atoms with Crippen LogP contribution in [-0.2, 0) is 35.6 Å². The van der Waals surface area contributed by atoms with Gasteiger partial charge >= 0.3 is 6.03 Å². The topological polar surface area (TPSA) is 206 Å². The minimum absolute atomic E-state index is 0.0516. The zero-order chi connectivity index (χ0) is 53.4. The second-order valence-corrected chi connectivity index (χ2v) is 20.9. The van der Waals surface area contributed by atoms with E-state index in [2.05, 4.69) is 53.6 Å². The van der Waals surface area contributed by atoms with E-state index in [1.165, 1.54) is 5.56 Å². The van der Waals surface area contributed by atoms with Crippen LogP contribution < -0.4 is 19.9 Å². The second-order valence-electron chi connectivity index (χ2n) is 20.1. The zero-order valence-electron chi connectivity index (χ0n) is 43.6. The Bertz CT molecular complexity index is 3020. The number of aryl methyl sites for hydroxylation is 1. The molecule has 5 amide bonds. The lowest BCUT2D eigenvalue weighted by atomic mass is 9.89. The Morgan fingerprint density at radius 2 is 1.49 bits per heavy atom. The SMILES string of the molecule is C[C@@H](Oc1ccc2[nH]nc(-c3ccc(N4CCN(C(=O)C5CCN(C(=O)CCOCCOCCOCCN6CCC(c7ccc8c(N9CCC(=O)NC9=O)nn(C)c8c7)CC6)CC5)CC4)nc3)c2c1)c1c(Cl)cncc1Cl. The summed E-state index contributed by atoms with van der Waals surface area (Å²) in [5.41, 5.74) is 5.41. The van der Waals surface area contributed by atoms with Gasteiger partial charge in [0.25, 0.3) is 0 Å². The number of carbonyl (C=O) groups is 4. The number of piperazine rings is 1. The number of nitrogens with one attached hydrogen (secondary N) is 2. The van der Waals surface area contributed by atoms with Crippen LogP contribution in [0.1, 0.15) is 68.6 Å². The van der Waals surface area contributed by atoms with Gasteiger partial charge < -0.3 is 38.5 Å². The number of amides is 5. The van der Waals surface area contributed by atoms with Crippen molar-refractivity contribution in [2.75, 3.05) is 115 Å². The van der Waals surface area contributed by atoms with Crippen LogP contribution in [0.5, 0.6) is 5.75 Å². The zero-order valence-corrected chi connectivity index (χ0v) is 45.1. The van der Waals surface area contributed by atoms with E-state index in [-0.39, 0.29) is 30.1 Å². The van der Waals surface area contributed by atoms with Gasteiger partial charge in [0, 0.05) is 112 Å². The molecule has 8 heterocycles. The molecule has 6 aromatic rings. The largest absolute Gasteiger partial charge is 0.486 e. The number of likely N-dealkylation sites (tertiary alicyclic amines) is 2. The molecule has 2 N–H and O–H groups in total. The fourth-order valence-corrected chi connectivity index (χ4v) is 11.6. The quantitative estimate of drug-likeness (QED) is 0.0739. The third-order valence-corrected chi connectivity index (χ3v) is 15.9. The molecular weight excluding hydrogens is 1030 g/mol. The summed E-state index contributed by atoms with van der Waals surface area (Å²) in [4.78, 5) is 69.6. The monoisotopic (exact) mass is 1090 g/mol. The molecule has 4 aromatic heterocycles. The Labute approximate surface area is 457 Å². The number of ether oxygens (including phenoxy) is 4. The number of hydrogen-bond acceptors (Lipinski definition) is 14. The molecule has 0 bridgehead atoms. The predicted octanol–water partition coefficient (Wildman–Crippen LogP) is 7.01. The second kappa shape index (κ2) is 24.9. The van der Waals surface area contributed by atoms with Gasteiger partial charge in [-0.3, -0.25) is 39.4 Å². The van der Waals surface area contributed by atoms with Crippen LogP contribution in [0.15, 0.2) is 67.1 Å². The molecule has 22 heteroatoms. The molecule has 4 aliphatic heterocycles. The maximum atomic E-state index is 13.6. The first-order valence-corrected chi connectivity index (χ1v) is 27.5. The number of H-pyrrole nitrogens is 1. The summed E-state index contributed by atoms with van der Waals surface area (Å²) in [6.07, 6.45) is 8.51. The average Bonchev–Trinajstić information content (AvgIpc) is 4.07. The molecule has 4 fully saturated rings. The Kier molecular flexibility index (Phi) is 17.5. The summed E-state index contributed by atoms with van der Waals surface area (Å²) in [5, 5.41) is 17.4. The fraction of sp³-hybridized carbons (Fsp3) is 0.491. The van der Waals surface area contributed by atoms with Crippen molar-refractivity contribution in [1.82, 2.24) is 50.0 Å². The summed E-state index contributed by atoms with van der Waals surface area (Å²) < 4.78 is 25.4. The normalized spacial score (nSPS) is 17.7. The maximum Gasteiger partial charge on any atom is 0.329 e. The highest BCUT2D eigenvalue weighted by molar-refractivity contribution is 6.35. The summed E-state index contributed by atoms with van der Waals surface area (Å²) in [6, 6.07) is 15.7. The number of urea groups is 1. The van der Waals surface area contributed by atoms with E-state index in [9.17, 15) is 19.2 Å². The number of fused-ring (bicyclic) bond motifs is 2. The first-order valence-electron chi connectivity index (χ1n) is 26.7. The number of aromatic nitrogens is 6. The van der Waals surface area contributed by atoms with E-state index >= 15 is 0 Å². The van der Waals surface area contributed by atoms with Gasteiger partial charge in [0.2, 0.25) is 17.7 Å². The summed E-state index contributed by atoms with van der Waals surface area (Å²) in [6.45, 7) is 11.6. The van der Waals surface area contributed by atoms with E-state index in [1.54, 1.807) is 17.3 Å². The first-order chi connectivity index (χ1) is 37.5. The van der Waals surface area contributed by atoms with Gasteiger partial charge in [0.05, 0.1) is 67.1 Å². The Morgan fingerprint density at radius 3 is 2.21 bits per heavy atom. The summed E-state index contributed by atoms with van der Waals surface area (Å²) >= 11 is 12.8. The summed E-state index contributed by atoms with van der Waals surface area (Å²) in [7, 11) is 1.89. The van der Waals surface area contributed by atoms with E-state index in [0.717, 1.165) is 71.4 Å². The number of carbonyl (C=O) groups excluding carboxylic acids is 4. The molecule has 0 unspecified atom stereocenters. The standard InChI is InChI=1S/C55H66Cl2N12O8/c1-36(51-44(56)34-58-35-45(51)57)77-41-5-7-46-43(32-41)52(62-61-46)40-4-8-48(59-33-40)66-20-22-68(23-21-66)54(72)38-11-17-67(18-12-38)50(71)14-25-74-27-29-76-30-28-75-26-24-65-15-9-37(10-16-65)39-3-6-42-47(31-39)64(2)63-53(42)69-19-13-49(70)60-55(69)73/h3-8,31-38H,9-30H2,1-2H3,(H,61,62)(H,60,70,73)/t36-/m1/s1. The van der Waals surface area contributed by atoms with Crippen LogP contribution in [0.25, 0.3) is 33.1 Å². The number of rotatable bonds is 20. The van der Waals surface area contributed by atoms with Gasteiger partial charge in [0.15, 0.2) is 5.82 Å². The number of anilines is 2. The van der Waals surface area contributed by atoms with Gasteiger partial charge in [-0.25, -0.2) is 9.78 Å². The number of imide groups is 1. The highest BCUT2D eigenvalue weighted by Crippen LogP contribution is 2.37. The van der Waals surface area contributed by atoms with Crippen molar-refractivity contribution in [1.29, 1.82) is 0 Å². The molecule has 10 rings (SSSR count). The molecule has 408 valence electrons. The maximum absolute atomic E-state index is 13.6. The fourth-order valence-electron chi connectivity index (χ4n) is 10.9. The van der Waals surface area contributed by atoms with E-state index < -0.39 is 12.1 Å². The van der Waals surface area contributed by atoms with Crippen LogP contribution in [0, 0.1) is 5.92 Å². The lowest BCUT2D eigenvalue weighted by Crippen LogP contribution is -2.52. The average molecular weight is 1090 g/mol. The predicted molar refractivity (Wildman–Crippen MR) is 292 cm³/mol. The molecule has 1 atom stereocenters. The molecule has 20 nitrogen and oxygen atoms in total. The van der Waals surface area contributed by atoms with Gasteiger partial charge in [-0.2, -0.15) is 10.2 Å². The van der Waals surface area contributed by atoms with Crippen molar-refractivity contribution < 1.29 is 38.1 Å². The minimum Gasteiger partial charge on any atom is -0.486 e. The first kappa shape index (κ1) is 54.0. The van der Waals surface area contributed by atoms with Crippen LogP contribution in [0.2, 0.25) is 10.0 Å². The van der Waals surface area contributed by atoms with Crippen LogP contribution in [0.4, 0.5) is 16.4 Å². The van der Waals surface area contributed by atoms with E-state index in [4.69, 9.17) is 47.1 Å². The van der Waals surface area contributed by atoms with Gasteiger partial charge in [-0.15, -0.1) is 0 Å². The van der Waals surface area contributed by atoms with Gasteiger partial charge in [-0.05, 0) is 99.6 Å². The molecular formula is C55H66Cl2N12O8. The Morgan fingerprint density at radius 1 is 0.766 bits per heavy atom. The highest BCUT2D eigenvalue weighted by Gasteiger charge is 2.33. The van der Waals surface area contributed by atoms with Crippen molar-refractivity contribution in [3.05, 3.63) is 88.3 Å². The lowest BCUT2D eigenvalue weighted by Gasteiger charge is -2.39. The highest BCUT2D eigenvalue weighted by atomic mass is 35.5. The molecule has 0 spiro atoms. The molecule has 0 radical (unpaired) electrons. The molecule has 4 saturated heterocycles. The van der Waals surface area contributed by atoms with Crippen molar-refractivity contribution in [2.24, 2.45) is 13.0 Å². The van der Waals surface area contributed by atoms with Crippen LogP contribution in [0.3, 0.4) is 0 Å². The third kappa shape index (κ3) is 12.8. The number of benzene rings is 2. The van der Waals surface area contributed by atoms with Crippen molar-refractivity contribution in [2.45, 2.75) is 57.5 Å². The van der Waals surface area contributed by atoms with Gasteiger partial charge in [-0.1, -0.05) is 29.3 Å². The minimum atomic E-state index is -0.429. The van der Waals surface area contributed by atoms with Crippen LogP contribution >= 0.6 is 23.2 Å². The lowest BCUT2D eigenvalue weighted by molar-refractivity contribution is -0.141. The van der Waals surface area contributed by atoms with E-state index in [0.29, 0.717) is 138 Å². The molecule has 2 aromatic carbocycles. The third-order valence-electron chi connectivity index (χ3n) is 15.3. The van der Waals surface area contributed by atoms with Crippen molar-refractivity contribution >= 4 is 80.4 Å². The number of hydrogen-bond donors (Lipinski definition) is 2. The number of piperidine rings is 2. The number of aromatic amines is 1. The van der Waals surface area contributed by atoms with Crippen LogP contribution in [-0.4, -0.2) is 173 Å². The Balaban J connectivity index is 0.557. The smallest absolute Gasteiger partial charge is 0.329 e. The van der Waals surface area contributed by atoms with Gasteiger partial charge in [0.1, 0.15) is 23.4 Å². The summed E-state index contributed by atoms with van der Waals surface area (Å²) in [5.74, 6) is 2.38. The van der Waals surface area contributed by atoms with E-state index in [1.807, 2.05) is 65.0 Å². The number of pyridine rings is 2. The molecule has 77 heavy (non-hydrogen) atoms. The molecule has 4 aliphatic rings. The number of nitrogens with zero attached hydrogens (tertiary/aromatic N) is 10. The number of halogens is 2. The van der Waals surface area contributed by atoms with Crippen molar-refractivity contribution in [3.63, 3.8) is 0 Å². The molecule has 0 aliphatic carbocycles. The molecule has 0 saturated carbocycles. The van der Waals surface area contributed by atoms with Crippen molar-refractivity contribution in [3.8, 4) is 17.0 Å².